The molecule has 0 aliphatic heterocycles. The lowest BCUT2D eigenvalue weighted by atomic mass is 10.2. The Bertz CT molecular complexity index is 143. The monoisotopic (exact) mass is 171 g/mol. The summed E-state index contributed by atoms with van der Waals surface area (Å²) < 4.78 is 0. The lowest BCUT2D eigenvalue weighted by molar-refractivity contribution is 0.237. The highest BCUT2D eigenvalue weighted by Gasteiger charge is 2.16. The van der Waals surface area contributed by atoms with Crippen LogP contribution in [0.25, 0.3) is 0 Å². The van der Waals surface area contributed by atoms with Crippen molar-refractivity contribution >= 4 is 6.03 Å². The lowest BCUT2D eigenvalue weighted by Gasteiger charge is -2.11. The molecule has 1 rings (SSSR count). The predicted molar refractivity (Wildman–Crippen MR) is 47.8 cm³/mol. The summed E-state index contributed by atoms with van der Waals surface area (Å²) in [6, 6.07) is 0.315. The van der Waals surface area contributed by atoms with Gasteiger partial charge in [0.05, 0.1) is 0 Å². The average molecular weight is 171 g/mol. The molecule has 0 spiro atoms. The maximum atomic E-state index is 11.1. The van der Waals surface area contributed by atoms with E-state index in [0.29, 0.717) is 19.1 Å². The van der Waals surface area contributed by atoms with Crippen molar-refractivity contribution < 1.29 is 4.79 Å². The fraction of sp³-hybridized carbons (Fsp3) is 0.875. The van der Waals surface area contributed by atoms with Crippen LogP contribution in [0.5, 0.6) is 0 Å². The van der Waals surface area contributed by atoms with Crippen LogP contribution >= 0.6 is 0 Å². The van der Waals surface area contributed by atoms with E-state index >= 15 is 0 Å². The summed E-state index contributed by atoms with van der Waals surface area (Å²) >= 11 is 0. The van der Waals surface area contributed by atoms with Crippen LogP contribution in [0.1, 0.15) is 25.7 Å². The van der Waals surface area contributed by atoms with Crippen molar-refractivity contribution in [1.82, 2.24) is 10.6 Å². The van der Waals surface area contributed by atoms with Crippen molar-refractivity contribution in [3.63, 3.8) is 0 Å². The van der Waals surface area contributed by atoms with Gasteiger partial charge in [-0.15, -0.1) is 0 Å². The number of urea groups is 1. The Labute approximate surface area is 72.9 Å². The highest BCUT2D eigenvalue weighted by molar-refractivity contribution is 5.74. The summed E-state index contributed by atoms with van der Waals surface area (Å²) in [6.07, 6.45) is 4.72. The number of rotatable bonds is 3. The number of hydrogen-bond acceptors (Lipinski definition) is 2. The van der Waals surface area contributed by atoms with E-state index in [2.05, 4.69) is 10.6 Å². The molecular formula is C8H17N3O. The number of nitrogens with one attached hydrogen (secondary N) is 2. The number of carbonyl (C=O) groups excluding carboxylic acids is 1. The second-order valence-electron chi connectivity index (χ2n) is 3.17. The van der Waals surface area contributed by atoms with Crippen LogP contribution in [0.4, 0.5) is 4.79 Å². The van der Waals surface area contributed by atoms with Crippen LogP contribution in [-0.4, -0.2) is 25.2 Å². The molecule has 4 N–H and O–H groups in total. The molecule has 1 saturated carbocycles. The number of amides is 2. The number of carbonyl (C=O) groups is 1. The SMILES string of the molecule is NCCNC(=O)NC1CCCC1. The van der Waals surface area contributed by atoms with E-state index in [4.69, 9.17) is 5.73 Å². The summed E-state index contributed by atoms with van der Waals surface area (Å²) in [6.45, 7) is 1.05. The zero-order valence-corrected chi connectivity index (χ0v) is 7.31. The van der Waals surface area contributed by atoms with E-state index in [9.17, 15) is 4.79 Å². The first kappa shape index (κ1) is 9.32. The van der Waals surface area contributed by atoms with Crippen molar-refractivity contribution in [3.8, 4) is 0 Å². The second-order valence-corrected chi connectivity index (χ2v) is 3.17. The number of hydrogen-bond donors (Lipinski definition) is 3. The minimum atomic E-state index is -0.0765. The highest BCUT2D eigenvalue weighted by Crippen LogP contribution is 2.17. The maximum Gasteiger partial charge on any atom is 0.315 e. The molecule has 1 fully saturated rings. The van der Waals surface area contributed by atoms with E-state index in [1.165, 1.54) is 12.8 Å². The highest BCUT2D eigenvalue weighted by atomic mass is 16.2. The molecular weight excluding hydrogens is 154 g/mol. The van der Waals surface area contributed by atoms with E-state index in [-0.39, 0.29) is 6.03 Å². The minimum absolute atomic E-state index is 0.0765. The van der Waals surface area contributed by atoms with Gasteiger partial charge >= 0.3 is 6.03 Å². The summed E-state index contributed by atoms with van der Waals surface area (Å²) in [4.78, 5) is 11.1. The largest absolute Gasteiger partial charge is 0.337 e. The van der Waals surface area contributed by atoms with E-state index in [1.807, 2.05) is 0 Å². The van der Waals surface area contributed by atoms with Crippen molar-refractivity contribution in [3.05, 3.63) is 0 Å². The molecule has 0 heterocycles. The Morgan fingerprint density at radius 1 is 1.42 bits per heavy atom. The first-order valence-electron chi connectivity index (χ1n) is 4.57. The zero-order chi connectivity index (χ0) is 8.81. The van der Waals surface area contributed by atoms with Gasteiger partial charge < -0.3 is 16.4 Å². The Hall–Kier alpha value is -0.770. The van der Waals surface area contributed by atoms with Crippen LogP contribution in [0.2, 0.25) is 0 Å². The molecule has 0 atom stereocenters. The third kappa shape index (κ3) is 3.09. The van der Waals surface area contributed by atoms with Gasteiger partial charge in [-0.2, -0.15) is 0 Å². The summed E-state index contributed by atoms with van der Waals surface area (Å²) in [5.41, 5.74) is 5.24. The van der Waals surface area contributed by atoms with Crippen LogP contribution in [0.3, 0.4) is 0 Å². The maximum absolute atomic E-state index is 11.1. The predicted octanol–water partition coefficient (Wildman–Crippen LogP) is 0.187. The Morgan fingerprint density at radius 2 is 2.08 bits per heavy atom. The summed E-state index contributed by atoms with van der Waals surface area (Å²) in [5, 5.41) is 5.59. The van der Waals surface area contributed by atoms with Gasteiger partial charge in [0.25, 0.3) is 0 Å². The first-order chi connectivity index (χ1) is 5.83. The van der Waals surface area contributed by atoms with Crippen LogP contribution in [0.15, 0.2) is 0 Å². The smallest absolute Gasteiger partial charge is 0.315 e. The van der Waals surface area contributed by atoms with Gasteiger partial charge in [-0.05, 0) is 12.8 Å². The van der Waals surface area contributed by atoms with E-state index < -0.39 is 0 Å². The standard InChI is InChI=1S/C8H17N3O/c9-5-6-10-8(12)11-7-3-1-2-4-7/h7H,1-6,9H2,(H2,10,11,12). The van der Waals surface area contributed by atoms with Gasteiger partial charge in [0, 0.05) is 19.1 Å². The Balaban J connectivity index is 2.08. The molecule has 4 heteroatoms. The molecule has 70 valence electrons. The molecule has 12 heavy (non-hydrogen) atoms. The van der Waals surface area contributed by atoms with Crippen LogP contribution in [0, 0.1) is 0 Å². The minimum Gasteiger partial charge on any atom is -0.337 e. The molecule has 4 nitrogen and oxygen atoms in total. The van der Waals surface area contributed by atoms with Crippen molar-refractivity contribution in [2.75, 3.05) is 13.1 Å². The molecule has 0 aromatic rings. The molecule has 0 aromatic carbocycles. The molecule has 0 bridgehead atoms. The fourth-order valence-corrected chi connectivity index (χ4v) is 1.49. The Kier molecular flexibility index (Phi) is 3.87. The first-order valence-corrected chi connectivity index (χ1v) is 4.57. The topological polar surface area (TPSA) is 67.1 Å². The second kappa shape index (κ2) is 4.98. The molecule has 1 aliphatic rings. The van der Waals surface area contributed by atoms with E-state index in [0.717, 1.165) is 12.8 Å². The molecule has 0 saturated heterocycles. The Morgan fingerprint density at radius 3 is 2.67 bits per heavy atom. The van der Waals surface area contributed by atoms with Crippen LogP contribution < -0.4 is 16.4 Å². The van der Waals surface area contributed by atoms with Gasteiger partial charge in [0.1, 0.15) is 0 Å². The van der Waals surface area contributed by atoms with Gasteiger partial charge in [0.2, 0.25) is 0 Å². The quantitative estimate of drug-likeness (QED) is 0.567. The molecule has 1 aliphatic carbocycles. The van der Waals surface area contributed by atoms with Gasteiger partial charge in [-0.3, -0.25) is 0 Å². The van der Waals surface area contributed by atoms with Gasteiger partial charge in [0.15, 0.2) is 0 Å². The fourth-order valence-electron chi connectivity index (χ4n) is 1.49. The third-order valence-corrected chi connectivity index (χ3v) is 2.12. The van der Waals surface area contributed by atoms with E-state index in [1.54, 1.807) is 0 Å². The zero-order valence-electron chi connectivity index (χ0n) is 7.31. The molecule has 0 aromatic heterocycles. The molecule has 2 amide bonds. The van der Waals surface area contributed by atoms with Crippen molar-refractivity contribution in [2.24, 2.45) is 5.73 Å². The van der Waals surface area contributed by atoms with Crippen LogP contribution in [-0.2, 0) is 0 Å². The summed E-state index contributed by atoms with van der Waals surface area (Å²) in [5.74, 6) is 0. The van der Waals surface area contributed by atoms with Crippen molar-refractivity contribution in [1.29, 1.82) is 0 Å². The normalized spacial score (nSPS) is 17.8. The number of nitrogens with two attached hydrogens (primary N) is 1. The lowest BCUT2D eigenvalue weighted by Crippen LogP contribution is -2.42. The van der Waals surface area contributed by atoms with Gasteiger partial charge in [-0.25, -0.2) is 4.79 Å². The third-order valence-electron chi connectivity index (χ3n) is 2.12. The molecule has 0 unspecified atom stereocenters. The summed E-state index contributed by atoms with van der Waals surface area (Å²) in [7, 11) is 0. The average Bonchev–Trinajstić information content (AvgIpc) is 2.53. The molecule has 0 radical (unpaired) electrons. The van der Waals surface area contributed by atoms with Crippen molar-refractivity contribution in [2.45, 2.75) is 31.7 Å². The van der Waals surface area contributed by atoms with Gasteiger partial charge in [-0.1, -0.05) is 12.8 Å².